The zero-order chi connectivity index (χ0) is 18.8. The van der Waals surface area contributed by atoms with E-state index in [2.05, 4.69) is 74.5 Å². The van der Waals surface area contributed by atoms with E-state index in [1.165, 1.54) is 44.5 Å². The van der Waals surface area contributed by atoms with Gasteiger partial charge in [-0.05, 0) is 82.6 Å². The average Bonchev–Trinajstić information content (AvgIpc) is 3.08. The summed E-state index contributed by atoms with van der Waals surface area (Å²) in [6, 6.07) is 21.3. The lowest BCUT2D eigenvalue weighted by Gasteiger charge is -2.31. The van der Waals surface area contributed by atoms with E-state index in [4.69, 9.17) is 11.5 Å². The zero-order valence-electron chi connectivity index (χ0n) is 15.6. The van der Waals surface area contributed by atoms with Gasteiger partial charge in [0.05, 0.1) is 5.41 Å². The minimum Gasteiger partial charge on any atom is -0.399 e. The highest BCUT2D eigenvalue weighted by Gasteiger charge is 2.51. The second-order valence-corrected chi connectivity index (χ2v) is 7.44. The van der Waals surface area contributed by atoms with Crippen molar-refractivity contribution in [2.24, 2.45) is 0 Å². The molecular weight excluding hydrogens is 328 g/mol. The molecule has 3 aromatic carbocycles. The molecule has 0 aromatic heterocycles. The number of nitrogen functional groups attached to an aromatic ring is 2. The number of hydrogen-bond acceptors (Lipinski definition) is 2. The van der Waals surface area contributed by atoms with Gasteiger partial charge in [0.25, 0.3) is 0 Å². The second-order valence-electron chi connectivity index (χ2n) is 7.44. The molecule has 3 aromatic rings. The lowest BCUT2D eigenvalue weighted by molar-refractivity contribution is 0.767. The van der Waals surface area contributed by atoms with Gasteiger partial charge in [-0.25, -0.2) is 0 Å². The van der Waals surface area contributed by atoms with Crippen molar-refractivity contribution in [3.05, 3.63) is 101 Å². The van der Waals surface area contributed by atoms with Crippen LogP contribution in [0.1, 0.15) is 36.1 Å². The predicted molar refractivity (Wildman–Crippen MR) is 114 cm³/mol. The Kier molecular flexibility index (Phi) is 3.17. The molecule has 0 bridgehead atoms. The first-order valence-corrected chi connectivity index (χ1v) is 9.33. The van der Waals surface area contributed by atoms with Gasteiger partial charge < -0.3 is 11.5 Å². The maximum absolute atomic E-state index is 6.26. The molecule has 1 unspecified atom stereocenters. The summed E-state index contributed by atoms with van der Waals surface area (Å²) in [5, 5.41) is 0. The van der Waals surface area contributed by atoms with Crippen LogP contribution in [-0.4, -0.2) is 0 Å². The third kappa shape index (κ3) is 1.85. The Morgan fingerprint density at radius 3 is 2.04 bits per heavy atom. The minimum atomic E-state index is -0.332. The fourth-order valence-electron chi connectivity index (χ4n) is 5.09. The van der Waals surface area contributed by atoms with Gasteiger partial charge in [0, 0.05) is 11.4 Å². The van der Waals surface area contributed by atoms with Crippen LogP contribution < -0.4 is 11.5 Å². The largest absolute Gasteiger partial charge is 0.399 e. The van der Waals surface area contributed by atoms with E-state index in [0.717, 1.165) is 11.4 Å². The molecule has 1 atom stereocenters. The molecule has 4 N–H and O–H groups in total. The van der Waals surface area contributed by atoms with E-state index in [1.807, 2.05) is 12.1 Å². The summed E-state index contributed by atoms with van der Waals surface area (Å²) in [6.07, 6.45) is 4.32. The summed E-state index contributed by atoms with van der Waals surface area (Å²) >= 11 is 0. The first kappa shape index (κ1) is 16.0. The summed E-state index contributed by atoms with van der Waals surface area (Å²) in [4.78, 5) is 0. The van der Waals surface area contributed by atoms with Crippen molar-refractivity contribution >= 4 is 16.9 Å². The van der Waals surface area contributed by atoms with Crippen LogP contribution in [-0.2, 0) is 5.41 Å². The molecule has 27 heavy (non-hydrogen) atoms. The summed E-state index contributed by atoms with van der Waals surface area (Å²) in [7, 11) is 0. The van der Waals surface area contributed by atoms with Gasteiger partial charge in [-0.1, -0.05) is 48.6 Å². The lowest BCUT2D eigenvalue weighted by atomic mass is 9.70. The van der Waals surface area contributed by atoms with E-state index in [1.54, 1.807) is 0 Å². The number of anilines is 2. The van der Waals surface area contributed by atoms with Crippen LogP contribution in [0.2, 0.25) is 0 Å². The lowest BCUT2D eigenvalue weighted by Crippen LogP contribution is -2.26. The Morgan fingerprint density at radius 2 is 1.33 bits per heavy atom. The van der Waals surface area contributed by atoms with Crippen LogP contribution in [0.25, 0.3) is 16.7 Å². The fraction of sp³-hybridized carbons (Fsp3) is 0.120. The summed E-state index contributed by atoms with van der Waals surface area (Å²) in [5.41, 5.74) is 24.0. The molecule has 0 saturated carbocycles. The van der Waals surface area contributed by atoms with Crippen LogP contribution in [0.3, 0.4) is 0 Å². The van der Waals surface area contributed by atoms with Crippen molar-refractivity contribution in [1.82, 2.24) is 0 Å². The zero-order valence-corrected chi connectivity index (χ0v) is 15.6. The van der Waals surface area contributed by atoms with Crippen molar-refractivity contribution < 1.29 is 0 Å². The van der Waals surface area contributed by atoms with Crippen molar-refractivity contribution in [3.63, 3.8) is 0 Å². The Bertz CT molecular complexity index is 1170. The Morgan fingerprint density at radius 1 is 0.741 bits per heavy atom. The highest BCUT2D eigenvalue weighted by Crippen LogP contribution is 2.62. The molecule has 132 valence electrons. The molecule has 5 rings (SSSR count). The number of hydrogen-bond donors (Lipinski definition) is 2. The van der Waals surface area contributed by atoms with Gasteiger partial charge in [0.15, 0.2) is 0 Å². The molecule has 2 nitrogen and oxygen atoms in total. The SMILES string of the molecule is C/C=C\C1=C(C)C2(c3cc(N)ccc31)c1ccccc1-c1ccc(N)cc12. The van der Waals surface area contributed by atoms with Crippen LogP contribution >= 0.6 is 0 Å². The highest BCUT2D eigenvalue weighted by atomic mass is 14.6. The van der Waals surface area contributed by atoms with Crippen LogP contribution in [0, 0.1) is 0 Å². The standard InChI is InChI=1S/C25H22N2/c1-3-6-18-15(2)25(23-13-16(26)9-11-20(18)23)22-8-5-4-7-19(22)21-12-10-17(27)14-24(21)25/h3-14H,26-27H2,1-2H3/b6-3-. The molecule has 0 heterocycles. The molecule has 2 aliphatic rings. The minimum absolute atomic E-state index is 0.332. The topological polar surface area (TPSA) is 52.0 Å². The molecule has 0 aliphatic heterocycles. The maximum atomic E-state index is 6.26. The quantitative estimate of drug-likeness (QED) is 0.567. The number of nitrogens with two attached hydrogens (primary N) is 2. The molecule has 1 spiro atoms. The van der Waals surface area contributed by atoms with Crippen molar-refractivity contribution in [3.8, 4) is 11.1 Å². The Labute approximate surface area is 159 Å². The van der Waals surface area contributed by atoms with Gasteiger partial charge in [0.1, 0.15) is 0 Å². The number of fused-ring (bicyclic) bond motifs is 7. The first-order chi connectivity index (χ1) is 13.1. The summed E-state index contributed by atoms with van der Waals surface area (Å²) < 4.78 is 0. The van der Waals surface area contributed by atoms with E-state index in [0.29, 0.717) is 0 Å². The van der Waals surface area contributed by atoms with Gasteiger partial charge in [-0.3, -0.25) is 0 Å². The highest BCUT2D eigenvalue weighted by molar-refractivity contribution is 5.97. The van der Waals surface area contributed by atoms with Gasteiger partial charge in [-0.2, -0.15) is 0 Å². The van der Waals surface area contributed by atoms with E-state index in [9.17, 15) is 0 Å². The third-order valence-electron chi connectivity index (χ3n) is 6.11. The van der Waals surface area contributed by atoms with Crippen molar-refractivity contribution in [2.75, 3.05) is 11.5 Å². The monoisotopic (exact) mass is 350 g/mol. The number of rotatable bonds is 1. The van der Waals surface area contributed by atoms with Crippen LogP contribution in [0.4, 0.5) is 11.4 Å². The van der Waals surface area contributed by atoms with Crippen LogP contribution in [0.5, 0.6) is 0 Å². The van der Waals surface area contributed by atoms with E-state index in [-0.39, 0.29) is 5.41 Å². The third-order valence-corrected chi connectivity index (χ3v) is 6.11. The predicted octanol–water partition coefficient (Wildman–Crippen LogP) is 5.53. The molecule has 2 heteroatoms. The van der Waals surface area contributed by atoms with Gasteiger partial charge in [0.2, 0.25) is 0 Å². The van der Waals surface area contributed by atoms with Gasteiger partial charge >= 0.3 is 0 Å². The first-order valence-electron chi connectivity index (χ1n) is 9.33. The number of benzene rings is 3. The second kappa shape index (κ2) is 5.37. The summed E-state index contributed by atoms with van der Waals surface area (Å²) in [6.45, 7) is 4.32. The van der Waals surface area contributed by atoms with Crippen molar-refractivity contribution in [1.29, 1.82) is 0 Å². The molecule has 2 aliphatic carbocycles. The molecule has 0 amide bonds. The van der Waals surface area contributed by atoms with Crippen LogP contribution in [0.15, 0.2) is 78.4 Å². The molecule has 0 radical (unpaired) electrons. The van der Waals surface area contributed by atoms with E-state index >= 15 is 0 Å². The Hall–Kier alpha value is -3.26. The maximum Gasteiger partial charge on any atom is 0.0687 e. The van der Waals surface area contributed by atoms with E-state index < -0.39 is 0 Å². The molecule has 0 saturated heterocycles. The number of allylic oxidation sites excluding steroid dienone is 4. The fourth-order valence-corrected chi connectivity index (χ4v) is 5.09. The summed E-state index contributed by atoms with van der Waals surface area (Å²) in [5.74, 6) is 0. The average molecular weight is 350 g/mol. The molecular formula is C25H22N2. The normalized spacial score (nSPS) is 19.6. The van der Waals surface area contributed by atoms with Gasteiger partial charge in [-0.15, -0.1) is 0 Å². The smallest absolute Gasteiger partial charge is 0.0687 e. The van der Waals surface area contributed by atoms with Crippen molar-refractivity contribution in [2.45, 2.75) is 19.3 Å². The molecule has 0 fully saturated rings. The Balaban J connectivity index is 2.01.